The zero-order valence-electron chi connectivity index (χ0n) is 8.81. The fourth-order valence-corrected chi connectivity index (χ4v) is 1.77. The smallest absolute Gasteiger partial charge is 0.172 e. The SMILES string of the molecule is Fc1ccc(F)c(-c2nnc3cc(Cl)ncn23)c1. The molecule has 90 valence electrons. The molecule has 0 bridgehead atoms. The zero-order valence-corrected chi connectivity index (χ0v) is 9.57. The van der Waals surface area contributed by atoms with E-state index < -0.39 is 11.6 Å². The Labute approximate surface area is 105 Å². The molecule has 0 fully saturated rings. The summed E-state index contributed by atoms with van der Waals surface area (Å²) in [5, 5.41) is 7.89. The predicted molar refractivity (Wildman–Crippen MR) is 61.1 cm³/mol. The van der Waals surface area contributed by atoms with E-state index in [0.717, 1.165) is 18.2 Å². The average Bonchev–Trinajstić information content (AvgIpc) is 2.75. The number of hydrogen-bond acceptors (Lipinski definition) is 3. The summed E-state index contributed by atoms with van der Waals surface area (Å²) < 4.78 is 28.2. The molecule has 0 saturated heterocycles. The minimum Gasteiger partial charge on any atom is -0.265 e. The van der Waals surface area contributed by atoms with Crippen molar-refractivity contribution in [1.82, 2.24) is 19.6 Å². The Kier molecular flexibility index (Phi) is 2.45. The van der Waals surface area contributed by atoms with Gasteiger partial charge in [-0.05, 0) is 18.2 Å². The lowest BCUT2D eigenvalue weighted by Gasteiger charge is -2.01. The van der Waals surface area contributed by atoms with Crippen LogP contribution in [-0.4, -0.2) is 19.6 Å². The van der Waals surface area contributed by atoms with Crippen LogP contribution in [0, 0.1) is 11.6 Å². The van der Waals surface area contributed by atoms with Gasteiger partial charge >= 0.3 is 0 Å². The molecule has 7 heteroatoms. The van der Waals surface area contributed by atoms with E-state index in [-0.39, 0.29) is 16.5 Å². The molecule has 0 N–H and O–H groups in total. The summed E-state index contributed by atoms with van der Waals surface area (Å²) in [5.74, 6) is -0.961. The lowest BCUT2D eigenvalue weighted by molar-refractivity contribution is 0.602. The Morgan fingerprint density at radius 2 is 1.94 bits per heavy atom. The van der Waals surface area contributed by atoms with Gasteiger partial charge in [-0.2, -0.15) is 0 Å². The van der Waals surface area contributed by atoms with Crippen LogP contribution in [0.15, 0.2) is 30.6 Å². The summed E-state index contributed by atoms with van der Waals surface area (Å²) in [5.41, 5.74) is 0.431. The van der Waals surface area contributed by atoms with Gasteiger partial charge in [-0.25, -0.2) is 13.8 Å². The van der Waals surface area contributed by atoms with Gasteiger partial charge in [-0.1, -0.05) is 11.6 Å². The van der Waals surface area contributed by atoms with E-state index >= 15 is 0 Å². The minimum atomic E-state index is -0.583. The van der Waals surface area contributed by atoms with Crippen molar-refractivity contribution >= 4 is 17.2 Å². The van der Waals surface area contributed by atoms with Crippen LogP contribution in [-0.2, 0) is 0 Å². The second-order valence-corrected chi connectivity index (χ2v) is 3.97. The van der Waals surface area contributed by atoms with Gasteiger partial charge in [-0.3, -0.25) is 4.40 Å². The first-order chi connectivity index (χ1) is 8.65. The predicted octanol–water partition coefficient (Wildman–Crippen LogP) is 2.72. The summed E-state index contributed by atoms with van der Waals surface area (Å²) in [6.45, 7) is 0. The molecule has 2 aromatic heterocycles. The number of hydrogen-bond donors (Lipinski definition) is 0. The molecular weight excluding hydrogens is 262 g/mol. The van der Waals surface area contributed by atoms with Crippen molar-refractivity contribution < 1.29 is 8.78 Å². The van der Waals surface area contributed by atoms with Crippen molar-refractivity contribution in [2.24, 2.45) is 0 Å². The lowest BCUT2D eigenvalue weighted by Crippen LogP contribution is -1.94. The molecule has 0 saturated carbocycles. The number of benzene rings is 1. The first kappa shape index (κ1) is 11.0. The number of nitrogens with zero attached hydrogens (tertiary/aromatic N) is 4. The molecule has 0 spiro atoms. The molecule has 4 nitrogen and oxygen atoms in total. The van der Waals surface area contributed by atoms with Crippen LogP contribution in [0.5, 0.6) is 0 Å². The third-order valence-corrected chi connectivity index (χ3v) is 2.64. The third-order valence-electron chi connectivity index (χ3n) is 2.44. The van der Waals surface area contributed by atoms with Crippen LogP contribution in [0.2, 0.25) is 5.15 Å². The first-order valence-corrected chi connectivity index (χ1v) is 5.34. The standard InChI is InChI=1S/C11H5ClF2N4/c12-9-4-10-16-17-11(18(10)5-15-9)7-3-6(13)1-2-8(7)14/h1-5H. The Hall–Kier alpha value is -2.08. The van der Waals surface area contributed by atoms with Crippen molar-refractivity contribution in [3.8, 4) is 11.4 Å². The van der Waals surface area contributed by atoms with E-state index in [9.17, 15) is 8.78 Å². The van der Waals surface area contributed by atoms with E-state index in [1.54, 1.807) is 0 Å². The van der Waals surface area contributed by atoms with Gasteiger partial charge in [0.25, 0.3) is 0 Å². The molecule has 0 aliphatic heterocycles. The number of fused-ring (bicyclic) bond motifs is 1. The topological polar surface area (TPSA) is 43.1 Å². The molecule has 0 aliphatic rings. The Bertz CT molecular complexity index is 741. The van der Waals surface area contributed by atoms with Gasteiger partial charge in [-0.15, -0.1) is 10.2 Å². The Morgan fingerprint density at radius 1 is 1.11 bits per heavy atom. The molecule has 0 aliphatic carbocycles. The van der Waals surface area contributed by atoms with Crippen LogP contribution >= 0.6 is 11.6 Å². The minimum absolute atomic E-state index is 0.0200. The molecule has 3 rings (SSSR count). The summed E-state index contributed by atoms with van der Waals surface area (Å²) in [6.07, 6.45) is 1.36. The van der Waals surface area contributed by atoms with Gasteiger partial charge in [0.15, 0.2) is 11.5 Å². The quantitative estimate of drug-likeness (QED) is 0.636. The van der Waals surface area contributed by atoms with Crippen molar-refractivity contribution in [2.45, 2.75) is 0 Å². The summed E-state index contributed by atoms with van der Waals surface area (Å²) in [6, 6.07) is 4.61. The second-order valence-electron chi connectivity index (χ2n) is 3.59. The number of rotatable bonds is 1. The summed E-state index contributed by atoms with van der Waals surface area (Å²) in [7, 11) is 0. The number of halogens is 3. The van der Waals surface area contributed by atoms with Gasteiger partial charge in [0.2, 0.25) is 0 Å². The highest BCUT2D eigenvalue weighted by Gasteiger charge is 2.13. The van der Waals surface area contributed by atoms with Gasteiger partial charge in [0, 0.05) is 6.07 Å². The summed E-state index contributed by atoms with van der Waals surface area (Å²) >= 11 is 5.70. The van der Waals surface area contributed by atoms with Crippen molar-refractivity contribution in [2.75, 3.05) is 0 Å². The fraction of sp³-hybridized carbons (Fsp3) is 0. The molecule has 0 amide bonds. The van der Waals surface area contributed by atoms with E-state index in [0.29, 0.717) is 5.65 Å². The second kappa shape index (κ2) is 3.99. The molecule has 0 atom stereocenters. The normalized spacial score (nSPS) is 11.1. The highest BCUT2D eigenvalue weighted by atomic mass is 35.5. The molecule has 3 aromatic rings. The van der Waals surface area contributed by atoms with Crippen LogP contribution in [0.4, 0.5) is 8.78 Å². The molecule has 1 aromatic carbocycles. The Morgan fingerprint density at radius 3 is 2.78 bits per heavy atom. The van der Waals surface area contributed by atoms with Crippen LogP contribution in [0.25, 0.3) is 17.0 Å². The van der Waals surface area contributed by atoms with Gasteiger partial charge < -0.3 is 0 Å². The van der Waals surface area contributed by atoms with E-state index in [4.69, 9.17) is 11.6 Å². The molecule has 0 unspecified atom stereocenters. The van der Waals surface area contributed by atoms with Crippen molar-refractivity contribution in [1.29, 1.82) is 0 Å². The van der Waals surface area contributed by atoms with Gasteiger partial charge in [0.05, 0.1) is 5.56 Å². The van der Waals surface area contributed by atoms with E-state index in [2.05, 4.69) is 15.2 Å². The Balaban J connectivity index is 2.28. The largest absolute Gasteiger partial charge is 0.265 e. The van der Waals surface area contributed by atoms with Crippen molar-refractivity contribution in [3.05, 3.63) is 47.4 Å². The van der Waals surface area contributed by atoms with Crippen LogP contribution in [0.1, 0.15) is 0 Å². The zero-order chi connectivity index (χ0) is 12.7. The number of aromatic nitrogens is 4. The van der Waals surface area contributed by atoms with Gasteiger partial charge in [0.1, 0.15) is 23.1 Å². The van der Waals surface area contributed by atoms with E-state index in [1.165, 1.54) is 16.8 Å². The fourth-order valence-electron chi connectivity index (χ4n) is 1.62. The van der Waals surface area contributed by atoms with Crippen LogP contribution in [0.3, 0.4) is 0 Å². The third kappa shape index (κ3) is 1.70. The monoisotopic (exact) mass is 266 g/mol. The summed E-state index contributed by atoms with van der Waals surface area (Å²) in [4.78, 5) is 3.85. The molecular formula is C11H5ClF2N4. The average molecular weight is 267 g/mol. The maximum atomic E-state index is 13.6. The highest BCUT2D eigenvalue weighted by molar-refractivity contribution is 6.29. The van der Waals surface area contributed by atoms with Crippen molar-refractivity contribution in [3.63, 3.8) is 0 Å². The highest BCUT2D eigenvalue weighted by Crippen LogP contribution is 2.23. The van der Waals surface area contributed by atoms with E-state index in [1.807, 2.05) is 0 Å². The first-order valence-electron chi connectivity index (χ1n) is 4.97. The molecule has 18 heavy (non-hydrogen) atoms. The molecule has 0 radical (unpaired) electrons. The lowest BCUT2D eigenvalue weighted by atomic mass is 10.2. The maximum Gasteiger partial charge on any atom is 0.172 e. The molecule has 2 heterocycles. The maximum absolute atomic E-state index is 13.6. The van der Waals surface area contributed by atoms with Crippen LogP contribution < -0.4 is 0 Å².